The molecule has 3 heteroatoms. The van der Waals surface area contributed by atoms with Crippen molar-refractivity contribution in [2.75, 3.05) is 26.0 Å². The quantitative estimate of drug-likeness (QED) is 0.891. The first-order chi connectivity index (χ1) is 8.70. The molecule has 1 aromatic heterocycles. The van der Waals surface area contributed by atoms with Crippen molar-refractivity contribution in [3.8, 4) is 11.3 Å². The van der Waals surface area contributed by atoms with Crippen LogP contribution in [0.15, 0.2) is 42.6 Å². The Balaban J connectivity index is 2.27. The van der Waals surface area contributed by atoms with Crippen molar-refractivity contribution in [1.82, 2.24) is 10.3 Å². The topological polar surface area (TPSA) is 28.2 Å². The number of pyridine rings is 1. The summed E-state index contributed by atoms with van der Waals surface area (Å²) in [7, 11) is 6.04. The largest absolute Gasteiger partial charge is 0.378 e. The Kier molecular flexibility index (Phi) is 3.95. The normalized spacial score (nSPS) is 10.4. The molecular weight excluding hydrogens is 222 g/mol. The molecule has 0 saturated heterocycles. The van der Waals surface area contributed by atoms with Crippen molar-refractivity contribution in [2.24, 2.45) is 0 Å². The molecule has 0 bridgehead atoms. The number of hydrogen-bond acceptors (Lipinski definition) is 3. The van der Waals surface area contributed by atoms with Gasteiger partial charge < -0.3 is 10.2 Å². The molecule has 0 radical (unpaired) electrons. The van der Waals surface area contributed by atoms with Gasteiger partial charge in [0, 0.05) is 38.1 Å². The number of nitrogens with one attached hydrogen (secondary N) is 1. The Labute approximate surface area is 108 Å². The molecule has 0 aliphatic rings. The van der Waals surface area contributed by atoms with Gasteiger partial charge in [-0.1, -0.05) is 12.1 Å². The van der Waals surface area contributed by atoms with E-state index in [1.54, 1.807) is 0 Å². The molecule has 0 saturated carbocycles. The zero-order valence-corrected chi connectivity index (χ0v) is 11.1. The van der Waals surface area contributed by atoms with Gasteiger partial charge in [-0.3, -0.25) is 4.98 Å². The average molecular weight is 241 g/mol. The van der Waals surface area contributed by atoms with Crippen molar-refractivity contribution in [1.29, 1.82) is 0 Å². The van der Waals surface area contributed by atoms with Gasteiger partial charge in [0.2, 0.25) is 0 Å². The van der Waals surface area contributed by atoms with Crippen LogP contribution in [0.2, 0.25) is 0 Å². The zero-order valence-electron chi connectivity index (χ0n) is 11.1. The summed E-state index contributed by atoms with van der Waals surface area (Å²) in [5, 5.41) is 3.15. The van der Waals surface area contributed by atoms with E-state index >= 15 is 0 Å². The molecule has 0 atom stereocenters. The molecule has 94 valence electrons. The van der Waals surface area contributed by atoms with E-state index in [0.717, 1.165) is 17.8 Å². The minimum absolute atomic E-state index is 0.866. The standard InChI is InChI=1S/C15H19N3/c1-16-11-12-8-9-17-15(10-12)13-4-6-14(7-5-13)18(2)3/h4-10,16H,11H2,1-3H3. The first-order valence-corrected chi connectivity index (χ1v) is 6.08. The van der Waals surface area contributed by atoms with Crippen LogP contribution in [0.25, 0.3) is 11.3 Å². The highest BCUT2D eigenvalue weighted by Gasteiger charge is 2.01. The van der Waals surface area contributed by atoms with Crippen LogP contribution in [0.1, 0.15) is 5.56 Å². The van der Waals surface area contributed by atoms with Crippen LogP contribution in [-0.4, -0.2) is 26.1 Å². The number of aromatic nitrogens is 1. The fourth-order valence-electron chi connectivity index (χ4n) is 1.88. The minimum Gasteiger partial charge on any atom is -0.378 e. The molecule has 2 aromatic rings. The highest BCUT2D eigenvalue weighted by molar-refractivity contribution is 5.63. The van der Waals surface area contributed by atoms with Gasteiger partial charge >= 0.3 is 0 Å². The Morgan fingerprint density at radius 1 is 1.11 bits per heavy atom. The molecule has 1 aromatic carbocycles. The van der Waals surface area contributed by atoms with Gasteiger partial charge in [0.25, 0.3) is 0 Å². The summed E-state index contributed by atoms with van der Waals surface area (Å²) < 4.78 is 0. The molecule has 1 N–H and O–H groups in total. The van der Waals surface area contributed by atoms with Crippen LogP contribution in [0.3, 0.4) is 0 Å². The Bertz CT molecular complexity index is 503. The van der Waals surface area contributed by atoms with E-state index in [0.29, 0.717) is 0 Å². The summed E-state index contributed by atoms with van der Waals surface area (Å²) in [4.78, 5) is 6.52. The van der Waals surface area contributed by atoms with Crippen LogP contribution in [0, 0.1) is 0 Å². The SMILES string of the molecule is CNCc1ccnc(-c2ccc(N(C)C)cc2)c1. The third kappa shape index (κ3) is 2.87. The first kappa shape index (κ1) is 12.6. The molecule has 0 spiro atoms. The third-order valence-electron chi connectivity index (χ3n) is 2.88. The van der Waals surface area contributed by atoms with Gasteiger partial charge in [-0.05, 0) is 36.9 Å². The summed E-state index contributed by atoms with van der Waals surface area (Å²) >= 11 is 0. The van der Waals surface area contributed by atoms with Crippen molar-refractivity contribution in [2.45, 2.75) is 6.54 Å². The number of hydrogen-bond donors (Lipinski definition) is 1. The maximum atomic E-state index is 4.43. The van der Waals surface area contributed by atoms with Crippen molar-refractivity contribution >= 4 is 5.69 Å². The van der Waals surface area contributed by atoms with Gasteiger partial charge in [0.15, 0.2) is 0 Å². The van der Waals surface area contributed by atoms with E-state index in [4.69, 9.17) is 0 Å². The Morgan fingerprint density at radius 2 is 1.83 bits per heavy atom. The van der Waals surface area contributed by atoms with Gasteiger partial charge in [-0.2, -0.15) is 0 Å². The van der Waals surface area contributed by atoms with Crippen molar-refractivity contribution < 1.29 is 0 Å². The van der Waals surface area contributed by atoms with Gasteiger partial charge in [0.05, 0.1) is 5.69 Å². The molecule has 0 fully saturated rings. The van der Waals surface area contributed by atoms with E-state index < -0.39 is 0 Å². The third-order valence-corrected chi connectivity index (χ3v) is 2.88. The lowest BCUT2D eigenvalue weighted by molar-refractivity contribution is 0.816. The molecule has 0 unspecified atom stereocenters. The van der Waals surface area contributed by atoms with Crippen LogP contribution in [0.4, 0.5) is 5.69 Å². The molecule has 18 heavy (non-hydrogen) atoms. The maximum absolute atomic E-state index is 4.43. The first-order valence-electron chi connectivity index (χ1n) is 6.08. The van der Waals surface area contributed by atoms with Gasteiger partial charge in [-0.25, -0.2) is 0 Å². The predicted octanol–water partition coefficient (Wildman–Crippen LogP) is 2.53. The summed E-state index contributed by atoms with van der Waals surface area (Å²) in [5.41, 5.74) is 4.62. The fourth-order valence-corrected chi connectivity index (χ4v) is 1.88. The molecule has 0 amide bonds. The lowest BCUT2D eigenvalue weighted by Gasteiger charge is -2.12. The van der Waals surface area contributed by atoms with Crippen LogP contribution in [-0.2, 0) is 6.54 Å². The maximum Gasteiger partial charge on any atom is 0.0705 e. The van der Waals surface area contributed by atoms with Crippen LogP contribution in [0.5, 0.6) is 0 Å². The highest BCUT2D eigenvalue weighted by atomic mass is 15.1. The van der Waals surface area contributed by atoms with E-state index in [9.17, 15) is 0 Å². The fraction of sp³-hybridized carbons (Fsp3) is 0.267. The average Bonchev–Trinajstić information content (AvgIpc) is 2.39. The highest BCUT2D eigenvalue weighted by Crippen LogP contribution is 2.21. The summed E-state index contributed by atoms with van der Waals surface area (Å²) in [6, 6.07) is 12.6. The number of nitrogens with zero attached hydrogens (tertiary/aromatic N) is 2. The molecule has 0 aliphatic heterocycles. The smallest absolute Gasteiger partial charge is 0.0705 e. The second-order valence-electron chi connectivity index (χ2n) is 4.52. The van der Waals surface area contributed by atoms with Gasteiger partial charge in [0.1, 0.15) is 0 Å². The molecule has 3 nitrogen and oxygen atoms in total. The Hall–Kier alpha value is -1.87. The van der Waals surface area contributed by atoms with Crippen LogP contribution < -0.4 is 10.2 Å². The van der Waals surface area contributed by atoms with Crippen molar-refractivity contribution in [3.63, 3.8) is 0 Å². The lowest BCUT2D eigenvalue weighted by atomic mass is 10.1. The van der Waals surface area contributed by atoms with Gasteiger partial charge in [-0.15, -0.1) is 0 Å². The zero-order chi connectivity index (χ0) is 13.0. The second kappa shape index (κ2) is 5.65. The predicted molar refractivity (Wildman–Crippen MR) is 76.8 cm³/mol. The van der Waals surface area contributed by atoms with E-state index in [1.807, 2.05) is 33.4 Å². The Morgan fingerprint density at radius 3 is 2.44 bits per heavy atom. The number of anilines is 1. The molecule has 1 heterocycles. The lowest BCUT2D eigenvalue weighted by Crippen LogP contribution is -2.08. The van der Waals surface area contributed by atoms with Crippen LogP contribution >= 0.6 is 0 Å². The van der Waals surface area contributed by atoms with E-state index in [2.05, 4.69) is 45.5 Å². The molecule has 0 aliphatic carbocycles. The van der Waals surface area contributed by atoms with E-state index in [-0.39, 0.29) is 0 Å². The van der Waals surface area contributed by atoms with Crippen molar-refractivity contribution in [3.05, 3.63) is 48.2 Å². The minimum atomic E-state index is 0.866. The van der Waals surface area contributed by atoms with E-state index in [1.165, 1.54) is 11.3 Å². The monoisotopic (exact) mass is 241 g/mol. The number of rotatable bonds is 4. The number of benzene rings is 1. The second-order valence-corrected chi connectivity index (χ2v) is 4.52. The molecular formula is C15H19N3. The summed E-state index contributed by atoms with van der Waals surface area (Å²) in [5.74, 6) is 0. The molecule has 2 rings (SSSR count). The summed E-state index contributed by atoms with van der Waals surface area (Å²) in [6.45, 7) is 0.866. The summed E-state index contributed by atoms with van der Waals surface area (Å²) in [6.07, 6.45) is 1.86.